The van der Waals surface area contributed by atoms with Crippen LogP contribution in [-0.2, 0) is 23.9 Å². The van der Waals surface area contributed by atoms with Gasteiger partial charge < -0.3 is 19.7 Å². The predicted molar refractivity (Wildman–Crippen MR) is 125 cm³/mol. The number of ether oxygens (including phenoxy) is 2. The number of para-hydroxylation sites is 1. The van der Waals surface area contributed by atoms with E-state index < -0.39 is 29.8 Å². The number of thiocarbonyl (C=S) groups is 1. The van der Waals surface area contributed by atoms with Gasteiger partial charge in [0.2, 0.25) is 5.91 Å². The van der Waals surface area contributed by atoms with E-state index in [0.29, 0.717) is 16.9 Å². The van der Waals surface area contributed by atoms with E-state index in [1.54, 1.807) is 49.4 Å². The highest BCUT2D eigenvalue weighted by Gasteiger charge is 2.45. The van der Waals surface area contributed by atoms with Crippen molar-refractivity contribution < 1.29 is 28.7 Å². The highest BCUT2D eigenvalue weighted by Crippen LogP contribution is 2.27. The number of esters is 2. The van der Waals surface area contributed by atoms with Crippen LogP contribution < -0.4 is 10.2 Å². The Kier molecular flexibility index (Phi) is 7.73. The molecule has 0 bridgehead atoms. The lowest BCUT2D eigenvalue weighted by molar-refractivity contribution is -0.141. The van der Waals surface area contributed by atoms with Gasteiger partial charge in [-0.05, 0) is 55.5 Å². The van der Waals surface area contributed by atoms with Crippen molar-refractivity contribution in [2.45, 2.75) is 19.4 Å². The molecular weight excluding hydrogens is 446 g/mol. The molecule has 3 rings (SSSR count). The number of anilines is 2. The fraction of sp³-hybridized carbons (Fsp3) is 0.261. The predicted octanol–water partition coefficient (Wildman–Crippen LogP) is 2.37. The molecule has 9 nitrogen and oxygen atoms in total. The molecule has 1 aliphatic rings. The molecule has 2 aromatic carbocycles. The molecule has 1 heterocycles. The minimum atomic E-state index is -0.976. The van der Waals surface area contributed by atoms with E-state index >= 15 is 0 Å². The highest BCUT2D eigenvalue weighted by atomic mass is 32.1. The summed E-state index contributed by atoms with van der Waals surface area (Å²) in [6, 6.07) is 14.0. The maximum absolute atomic E-state index is 13.2. The van der Waals surface area contributed by atoms with Crippen LogP contribution in [0.2, 0.25) is 0 Å². The maximum atomic E-state index is 13.2. The van der Waals surface area contributed by atoms with E-state index in [1.165, 1.54) is 29.0 Å². The summed E-state index contributed by atoms with van der Waals surface area (Å²) in [5.41, 5.74) is 1.34. The van der Waals surface area contributed by atoms with E-state index in [-0.39, 0.29) is 24.7 Å². The fourth-order valence-corrected chi connectivity index (χ4v) is 3.71. The van der Waals surface area contributed by atoms with Crippen molar-refractivity contribution in [2.24, 2.45) is 0 Å². The summed E-state index contributed by atoms with van der Waals surface area (Å²) >= 11 is 5.45. The number of amides is 2. The Morgan fingerprint density at radius 3 is 2.33 bits per heavy atom. The lowest BCUT2D eigenvalue weighted by Crippen LogP contribution is -2.41. The number of nitrogens with zero attached hydrogens (tertiary/aromatic N) is 2. The Hall–Kier alpha value is -3.79. The Morgan fingerprint density at radius 2 is 1.73 bits per heavy atom. The molecule has 2 amide bonds. The Bertz CT molecular complexity index is 1060. The maximum Gasteiger partial charge on any atom is 0.338 e. The molecule has 1 saturated heterocycles. The minimum absolute atomic E-state index is 0.119. The van der Waals surface area contributed by atoms with Crippen molar-refractivity contribution >= 4 is 52.5 Å². The van der Waals surface area contributed by atoms with Crippen LogP contribution in [0.15, 0.2) is 54.6 Å². The molecule has 0 unspecified atom stereocenters. The number of hydrogen-bond acceptors (Lipinski definition) is 7. The molecular formula is C23H23N3O6S. The first-order valence-corrected chi connectivity index (χ1v) is 10.6. The summed E-state index contributed by atoms with van der Waals surface area (Å²) in [4.78, 5) is 52.3. The zero-order valence-corrected chi connectivity index (χ0v) is 19.0. The van der Waals surface area contributed by atoms with Crippen molar-refractivity contribution in [3.63, 3.8) is 0 Å². The normalized spacial score (nSPS) is 15.4. The summed E-state index contributed by atoms with van der Waals surface area (Å²) in [5.74, 6) is -1.91. The molecule has 10 heteroatoms. The smallest absolute Gasteiger partial charge is 0.338 e. The second-order valence-corrected chi connectivity index (χ2v) is 7.43. The van der Waals surface area contributed by atoms with Gasteiger partial charge in [0, 0.05) is 5.69 Å². The number of hydrogen-bond donors (Lipinski definition) is 1. The van der Waals surface area contributed by atoms with Crippen LogP contribution in [0.1, 0.15) is 23.7 Å². The molecule has 1 fully saturated rings. The SMILES string of the molecule is CCOC(=O)c1ccc(NC(=O)C[C@H]2C(=O)N(c3ccccc3)C(=S)N2CC(=O)OC)cc1. The number of nitrogens with one attached hydrogen (secondary N) is 1. The molecule has 1 atom stereocenters. The molecule has 0 aromatic heterocycles. The van der Waals surface area contributed by atoms with Gasteiger partial charge in [-0.1, -0.05) is 18.2 Å². The van der Waals surface area contributed by atoms with Crippen LogP contribution in [0.25, 0.3) is 0 Å². The highest BCUT2D eigenvalue weighted by molar-refractivity contribution is 7.80. The molecule has 0 radical (unpaired) electrons. The molecule has 2 aromatic rings. The molecule has 33 heavy (non-hydrogen) atoms. The van der Waals surface area contributed by atoms with Crippen LogP contribution in [0.4, 0.5) is 11.4 Å². The second-order valence-electron chi connectivity index (χ2n) is 7.06. The van der Waals surface area contributed by atoms with E-state index in [0.717, 1.165) is 0 Å². The molecule has 1 N–H and O–H groups in total. The first-order chi connectivity index (χ1) is 15.8. The number of rotatable bonds is 8. The average Bonchev–Trinajstić information content (AvgIpc) is 3.03. The summed E-state index contributed by atoms with van der Waals surface area (Å²) in [7, 11) is 1.24. The first-order valence-electron chi connectivity index (χ1n) is 10.2. The Labute approximate surface area is 196 Å². The van der Waals surface area contributed by atoms with Crippen molar-refractivity contribution in [1.29, 1.82) is 0 Å². The summed E-state index contributed by atoms with van der Waals surface area (Å²) in [6.45, 7) is 1.71. The van der Waals surface area contributed by atoms with Crippen molar-refractivity contribution in [3.8, 4) is 0 Å². The lowest BCUT2D eigenvalue weighted by Gasteiger charge is -2.22. The van der Waals surface area contributed by atoms with Crippen molar-refractivity contribution in [2.75, 3.05) is 30.5 Å². The molecule has 0 aliphatic carbocycles. The van der Waals surface area contributed by atoms with E-state index in [2.05, 4.69) is 5.32 Å². The van der Waals surface area contributed by atoms with Gasteiger partial charge in [-0.2, -0.15) is 0 Å². The number of carbonyl (C=O) groups excluding carboxylic acids is 4. The summed E-state index contributed by atoms with van der Waals surface area (Å²) < 4.78 is 9.66. The standard InChI is InChI=1S/C23H23N3O6S/c1-3-32-22(30)15-9-11-16(12-10-15)24-19(27)13-18-21(29)26(17-7-5-4-6-8-17)23(33)25(18)14-20(28)31-2/h4-12,18H,3,13-14H2,1-2H3,(H,24,27)/t18-/m0/s1. The third-order valence-electron chi connectivity index (χ3n) is 4.92. The molecule has 172 valence electrons. The third kappa shape index (κ3) is 5.53. The van der Waals surface area contributed by atoms with Crippen LogP contribution in [0.3, 0.4) is 0 Å². The zero-order chi connectivity index (χ0) is 24.0. The van der Waals surface area contributed by atoms with Gasteiger partial charge in [0.25, 0.3) is 5.91 Å². The van der Waals surface area contributed by atoms with E-state index in [9.17, 15) is 19.2 Å². The van der Waals surface area contributed by atoms with Crippen LogP contribution in [0, 0.1) is 0 Å². The zero-order valence-electron chi connectivity index (χ0n) is 18.1. The fourth-order valence-electron chi connectivity index (χ4n) is 3.32. The number of carbonyl (C=O) groups is 4. The minimum Gasteiger partial charge on any atom is -0.468 e. The summed E-state index contributed by atoms with van der Waals surface area (Å²) in [5, 5.41) is 2.82. The second kappa shape index (κ2) is 10.7. The van der Waals surface area contributed by atoms with Crippen LogP contribution in [-0.4, -0.2) is 60.1 Å². The molecule has 0 saturated carbocycles. The summed E-state index contributed by atoms with van der Waals surface area (Å²) in [6.07, 6.45) is -0.237. The van der Waals surface area contributed by atoms with E-state index in [1.807, 2.05) is 0 Å². The quantitative estimate of drug-likeness (QED) is 0.464. The lowest BCUT2D eigenvalue weighted by atomic mass is 10.1. The van der Waals surface area contributed by atoms with Crippen LogP contribution >= 0.6 is 12.2 Å². The largest absolute Gasteiger partial charge is 0.468 e. The first kappa shape index (κ1) is 23.9. The monoisotopic (exact) mass is 469 g/mol. The van der Waals surface area contributed by atoms with Crippen molar-refractivity contribution in [3.05, 3.63) is 60.2 Å². The number of benzene rings is 2. The van der Waals surface area contributed by atoms with Gasteiger partial charge in [0.05, 0.1) is 31.4 Å². The van der Waals surface area contributed by atoms with E-state index in [4.69, 9.17) is 21.7 Å². The average molecular weight is 470 g/mol. The Balaban J connectivity index is 1.75. The molecule has 1 aliphatic heterocycles. The van der Waals surface area contributed by atoms with Gasteiger partial charge >= 0.3 is 11.9 Å². The number of methoxy groups -OCH3 is 1. The van der Waals surface area contributed by atoms with Gasteiger partial charge in [0.1, 0.15) is 12.6 Å². The van der Waals surface area contributed by atoms with Crippen LogP contribution in [0.5, 0.6) is 0 Å². The van der Waals surface area contributed by atoms with Gasteiger partial charge in [-0.15, -0.1) is 0 Å². The Morgan fingerprint density at radius 1 is 1.06 bits per heavy atom. The third-order valence-corrected chi connectivity index (χ3v) is 5.34. The topological polar surface area (TPSA) is 105 Å². The van der Waals surface area contributed by atoms with Crippen molar-refractivity contribution in [1.82, 2.24) is 4.90 Å². The van der Waals surface area contributed by atoms with Gasteiger partial charge in [-0.25, -0.2) is 4.79 Å². The van der Waals surface area contributed by atoms with Gasteiger partial charge in [0.15, 0.2) is 5.11 Å². The molecule has 0 spiro atoms. The van der Waals surface area contributed by atoms with Gasteiger partial charge in [-0.3, -0.25) is 19.3 Å².